The zero-order valence-corrected chi connectivity index (χ0v) is 10.4. The predicted molar refractivity (Wildman–Crippen MR) is 62.8 cm³/mol. The molecule has 2 aromatic rings. The second kappa shape index (κ2) is 6.38. The van der Waals surface area contributed by atoms with Gasteiger partial charge in [0.1, 0.15) is 5.75 Å². The van der Waals surface area contributed by atoms with Crippen LogP contribution in [-0.2, 0) is 13.0 Å². The highest BCUT2D eigenvalue weighted by Crippen LogP contribution is 2.25. The SMILES string of the molecule is FC(F)(F)Oc1ccccc1CNCCc1ncno1. The van der Waals surface area contributed by atoms with Crippen LogP contribution in [0.4, 0.5) is 13.2 Å². The Labute approximate surface area is 112 Å². The number of hydrogen-bond donors (Lipinski definition) is 1. The van der Waals surface area contributed by atoms with Gasteiger partial charge >= 0.3 is 6.36 Å². The van der Waals surface area contributed by atoms with Crippen LogP contribution < -0.4 is 10.1 Å². The van der Waals surface area contributed by atoms with E-state index in [0.717, 1.165) is 0 Å². The summed E-state index contributed by atoms with van der Waals surface area (Å²) in [7, 11) is 0. The minimum atomic E-state index is -4.69. The third-order valence-corrected chi connectivity index (χ3v) is 2.44. The average molecular weight is 287 g/mol. The third kappa shape index (κ3) is 4.54. The molecule has 0 saturated heterocycles. The Morgan fingerprint density at radius 1 is 1.25 bits per heavy atom. The second-order valence-electron chi connectivity index (χ2n) is 3.92. The number of hydrogen-bond acceptors (Lipinski definition) is 5. The van der Waals surface area contributed by atoms with Crippen molar-refractivity contribution < 1.29 is 22.4 Å². The average Bonchev–Trinajstić information content (AvgIpc) is 2.88. The van der Waals surface area contributed by atoms with Gasteiger partial charge in [-0.3, -0.25) is 0 Å². The van der Waals surface area contributed by atoms with Crippen LogP contribution in [0.5, 0.6) is 5.75 Å². The number of aromatic nitrogens is 2. The Morgan fingerprint density at radius 3 is 2.75 bits per heavy atom. The van der Waals surface area contributed by atoms with Crippen LogP contribution in [0.15, 0.2) is 35.1 Å². The molecule has 5 nitrogen and oxygen atoms in total. The summed E-state index contributed by atoms with van der Waals surface area (Å²) >= 11 is 0. The van der Waals surface area contributed by atoms with Gasteiger partial charge in [0.15, 0.2) is 6.33 Å². The Morgan fingerprint density at radius 2 is 2.05 bits per heavy atom. The minimum Gasteiger partial charge on any atom is -0.405 e. The van der Waals surface area contributed by atoms with Crippen LogP contribution in [-0.4, -0.2) is 23.0 Å². The molecular formula is C12H12F3N3O2. The molecule has 0 amide bonds. The largest absolute Gasteiger partial charge is 0.573 e. The molecule has 1 aromatic carbocycles. The van der Waals surface area contributed by atoms with Gasteiger partial charge in [0.25, 0.3) is 0 Å². The summed E-state index contributed by atoms with van der Waals surface area (Å²) in [5.74, 6) is 0.266. The molecule has 0 bridgehead atoms. The van der Waals surface area contributed by atoms with Crippen molar-refractivity contribution in [3.05, 3.63) is 42.0 Å². The van der Waals surface area contributed by atoms with Crippen LogP contribution in [0.3, 0.4) is 0 Å². The first kappa shape index (κ1) is 14.3. The monoisotopic (exact) mass is 287 g/mol. The second-order valence-corrected chi connectivity index (χ2v) is 3.92. The van der Waals surface area contributed by atoms with Crippen molar-refractivity contribution in [2.75, 3.05) is 6.54 Å². The summed E-state index contributed by atoms with van der Waals surface area (Å²) in [6.45, 7) is 0.753. The van der Waals surface area contributed by atoms with Gasteiger partial charge in [0.2, 0.25) is 5.89 Å². The molecule has 8 heteroatoms. The maximum absolute atomic E-state index is 12.2. The lowest BCUT2D eigenvalue weighted by Crippen LogP contribution is -2.21. The van der Waals surface area contributed by atoms with E-state index in [1.807, 2.05) is 0 Å². The Hall–Kier alpha value is -2.09. The molecule has 1 heterocycles. The Balaban J connectivity index is 1.86. The lowest BCUT2D eigenvalue weighted by molar-refractivity contribution is -0.274. The molecule has 1 aromatic heterocycles. The fraction of sp³-hybridized carbons (Fsp3) is 0.333. The van der Waals surface area contributed by atoms with E-state index >= 15 is 0 Å². The van der Waals surface area contributed by atoms with Crippen molar-refractivity contribution in [3.8, 4) is 5.75 Å². The standard InChI is InChI=1S/C12H12F3N3O2/c13-12(14,15)19-10-4-2-1-3-9(10)7-16-6-5-11-17-8-18-20-11/h1-4,8,16H,5-7H2. The molecule has 0 atom stereocenters. The molecule has 0 unspecified atom stereocenters. The maximum atomic E-state index is 12.2. The first-order valence-corrected chi connectivity index (χ1v) is 5.84. The number of benzene rings is 1. The molecule has 0 aliphatic carbocycles. The van der Waals surface area contributed by atoms with Crippen molar-refractivity contribution >= 4 is 0 Å². The zero-order valence-electron chi connectivity index (χ0n) is 10.4. The van der Waals surface area contributed by atoms with Gasteiger partial charge in [-0.15, -0.1) is 13.2 Å². The fourth-order valence-electron chi connectivity index (χ4n) is 1.60. The van der Waals surface area contributed by atoms with Gasteiger partial charge in [0.05, 0.1) is 0 Å². The summed E-state index contributed by atoms with van der Waals surface area (Å²) in [5, 5.41) is 6.45. The molecule has 0 saturated carbocycles. The molecule has 0 spiro atoms. The Bertz CT molecular complexity index is 529. The summed E-state index contributed by atoms with van der Waals surface area (Å²) in [6.07, 6.45) is -2.90. The smallest absolute Gasteiger partial charge is 0.405 e. The predicted octanol–water partition coefficient (Wildman–Crippen LogP) is 2.30. The van der Waals surface area contributed by atoms with Crippen molar-refractivity contribution in [1.82, 2.24) is 15.5 Å². The molecule has 20 heavy (non-hydrogen) atoms. The topological polar surface area (TPSA) is 60.2 Å². The molecule has 0 radical (unpaired) electrons. The van der Waals surface area contributed by atoms with Crippen molar-refractivity contribution in [2.45, 2.75) is 19.3 Å². The van der Waals surface area contributed by atoms with E-state index in [1.54, 1.807) is 12.1 Å². The normalized spacial score (nSPS) is 11.6. The molecule has 0 aliphatic rings. The van der Waals surface area contributed by atoms with Gasteiger partial charge in [-0.2, -0.15) is 4.98 Å². The van der Waals surface area contributed by atoms with E-state index in [0.29, 0.717) is 24.4 Å². The zero-order chi connectivity index (χ0) is 14.4. The summed E-state index contributed by atoms with van der Waals surface area (Å²) in [5.41, 5.74) is 0.426. The maximum Gasteiger partial charge on any atom is 0.573 e. The molecule has 108 valence electrons. The van der Waals surface area contributed by atoms with E-state index in [-0.39, 0.29) is 12.3 Å². The highest BCUT2D eigenvalue weighted by atomic mass is 19.4. The van der Waals surface area contributed by atoms with Crippen molar-refractivity contribution in [3.63, 3.8) is 0 Å². The van der Waals surface area contributed by atoms with Crippen molar-refractivity contribution in [1.29, 1.82) is 0 Å². The molecule has 1 N–H and O–H groups in total. The third-order valence-electron chi connectivity index (χ3n) is 2.44. The summed E-state index contributed by atoms with van der Waals surface area (Å²) in [6, 6.07) is 5.99. The number of ether oxygens (including phenoxy) is 1. The number of nitrogens with zero attached hydrogens (tertiary/aromatic N) is 2. The van der Waals surface area contributed by atoms with Gasteiger partial charge in [-0.05, 0) is 6.07 Å². The number of para-hydroxylation sites is 1. The first-order valence-electron chi connectivity index (χ1n) is 5.84. The molecular weight excluding hydrogens is 275 g/mol. The summed E-state index contributed by atoms with van der Waals surface area (Å²) in [4.78, 5) is 3.84. The van der Waals surface area contributed by atoms with Crippen LogP contribution in [0.2, 0.25) is 0 Å². The summed E-state index contributed by atoms with van der Waals surface area (Å²) < 4.78 is 45.4. The number of halogens is 3. The number of nitrogens with one attached hydrogen (secondary N) is 1. The van der Waals surface area contributed by atoms with E-state index < -0.39 is 6.36 Å². The van der Waals surface area contributed by atoms with Gasteiger partial charge in [-0.25, -0.2) is 0 Å². The van der Waals surface area contributed by atoms with Crippen LogP contribution in [0.1, 0.15) is 11.5 Å². The molecule has 0 aliphatic heterocycles. The minimum absolute atomic E-state index is 0.203. The van der Waals surface area contributed by atoms with E-state index in [9.17, 15) is 13.2 Å². The molecule has 2 rings (SSSR count). The lowest BCUT2D eigenvalue weighted by Gasteiger charge is -2.13. The van der Waals surface area contributed by atoms with E-state index in [1.165, 1.54) is 18.5 Å². The van der Waals surface area contributed by atoms with Crippen LogP contribution >= 0.6 is 0 Å². The van der Waals surface area contributed by atoms with E-state index in [4.69, 9.17) is 4.52 Å². The first-order chi connectivity index (χ1) is 9.54. The van der Waals surface area contributed by atoms with E-state index in [2.05, 4.69) is 20.2 Å². The number of rotatable bonds is 6. The van der Waals surface area contributed by atoms with Crippen LogP contribution in [0.25, 0.3) is 0 Å². The van der Waals surface area contributed by atoms with Crippen molar-refractivity contribution in [2.24, 2.45) is 0 Å². The number of alkyl halides is 3. The van der Waals surface area contributed by atoms with Crippen LogP contribution in [0, 0.1) is 0 Å². The fourth-order valence-corrected chi connectivity index (χ4v) is 1.60. The van der Waals surface area contributed by atoms with Gasteiger partial charge in [0, 0.05) is 25.1 Å². The van der Waals surface area contributed by atoms with Gasteiger partial charge < -0.3 is 14.6 Å². The molecule has 0 fully saturated rings. The Kier molecular flexibility index (Phi) is 4.57. The quantitative estimate of drug-likeness (QED) is 0.826. The highest BCUT2D eigenvalue weighted by molar-refractivity contribution is 5.33. The lowest BCUT2D eigenvalue weighted by atomic mass is 10.2. The van der Waals surface area contributed by atoms with Gasteiger partial charge in [-0.1, -0.05) is 23.4 Å². The highest BCUT2D eigenvalue weighted by Gasteiger charge is 2.31.